The quantitative estimate of drug-likeness (QED) is 0.698. The van der Waals surface area contributed by atoms with Gasteiger partial charge in [0.1, 0.15) is 0 Å². The Morgan fingerprint density at radius 2 is 1.78 bits per heavy atom. The van der Waals surface area contributed by atoms with Gasteiger partial charge in [0.25, 0.3) is 5.56 Å². The van der Waals surface area contributed by atoms with Crippen LogP contribution in [0.1, 0.15) is 5.56 Å². The summed E-state index contributed by atoms with van der Waals surface area (Å²) < 4.78 is 2.75. The Bertz CT molecular complexity index is 760. The molecular formula is C14H10ClNOS. The van der Waals surface area contributed by atoms with Gasteiger partial charge >= 0.3 is 0 Å². The number of hydrogen-bond acceptors (Lipinski definition) is 2. The minimum Gasteiger partial charge on any atom is -0.268 e. The van der Waals surface area contributed by atoms with Gasteiger partial charge in [0.15, 0.2) is 0 Å². The van der Waals surface area contributed by atoms with Crippen LogP contribution in [0, 0.1) is 0 Å². The van der Waals surface area contributed by atoms with Crippen LogP contribution in [0.15, 0.2) is 53.3 Å². The van der Waals surface area contributed by atoms with E-state index >= 15 is 0 Å². The first-order valence-electron chi connectivity index (χ1n) is 5.58. The molecule has 0 aliphatic carbocycles. The zero-order chi connectivity index (χ0) is 12.5. The molecule has 0 atom stereocenters. The molecule has 90 valence electrons. The van der Waals surface area contributed by atoms with E-state index in [1.165, 1.54) is 11.5 Å². The lowest BCUT2D eigenvalue weighted by Gasteiger charge is -2.02. The highest BCUT2D eigenvalue weighted by Crippen LogP contribution is 2.20. The van der Waals surface area contributed by atoms with Crippen molar-refractivity contribution >= 4 is 33.2 Å². The molecular weight excluding hydrogens is 266 g/mol. The van der Waals surface area contributed by atoms with Gasteiger partial charge in [-0.3, -0.25) is 8.75 Å². The lowest BCUT2D eigenvalue weighted by Crippen LogP contribution is -2.13. The SMILES string of the molecule is O=c1c2ccccc2sn1Cc1ccccc1Cl. The zero-order valence-electron chi connectivity index (χ0n) is 9.47. The highest BCUT2D eigenvalue weighted by molar-refractivity contribution is 7.13. The lowest BCUT2D eigenvalue weighted by atomic mass is 10.2. The molecule has 1 aromatic heterocycles. The number of hydrogen-bond donors (Lipinski definition) is 0. The maximum absolute atomic E-state index is 12.2. The maximum atomic E-state index is 12.2. The fourth-order valence-corrected chi connectivity index (χ4v) is 3.11. The van der Waals surface area contributed by atoms with Crippen molar-refractivity contribution in [3.05, 3.63) is 69.5 Å². The Morgan fingerprint density at radius 1 is 1.06 bits per heavy atom. The summed E-state index contributed by atoms with van der Waals surface area (Å²) in [5.41, 5.74) is 1.02. The third-order valence-corrected chi connectivity index (χ3v) is 4.26. The summed E-state index contributed by atoms with van der Waals surface area (Å²) in [6, 6.07) is 15.3. The molecule has 0 amide bonds. The molecule has 0 aliphatic heterocycles. The van der Waals surface area contributed by atoms with Crippen molar-refractivity contribution in [2.24, 2.45) is 0 Å². The summed E-state index contributed by atoms with van der Waals surface area (Å²) in [4.78, 5) is 12.2. The van der Waals surface area contributed by atoms with Crippen LogP contribution in [0.4, 0.5) is 0 Å². The normalized spacial score (nSPS) is 10.9. The van der Waals surface area contributed by atoms with Gasteiger partial charge in [0.05, 0.1) is 16.6 Å². The van der Waals surface area contributed by atoms with Gasteiger partial charge in [-0.1, -0.05) is 53.5 Å². The molecule has 2 aromatic carbocycles. The molecule has 0 spiro atoms. The zero-order valence-corrected chi connectivity index (χ0v) is 11.0. The van der Waals surface area contributed by atoms with E-state index in [-0.39, 0.29) is 5.56 Å². The number of nitrogens with zero attached hydrogens (tertiary/aromatic N) is 1. The van der Waals surface area contributed by atoms with Gasteiger partial charge in [-0.05, 0) is 23.8 Å². The van der Waals surface area contributed by atoms with Gasteiger partial charge in [0, 0.05) is 5.02 Å². The Labute approximate surface area is 113 Å². The van der Waals surface area contributed by atoms with E-state index < -0.39 is 0 Å². The molecule has 0 unspecified atom stereocenters. The third-order valence-electron chi connectivity index (χ3n) is 2.82. The van der Waals surface area contributed by atoms with Gasteiger partial charge in [-0.2, -0.15) is 0 Å². The molecule has 3 rings (SSSR count). The highest BCUT2D eigenvalue weighted by atomic mass is 35.5. The first kappa shape index (κ1) is 11.5. The average Bonchev–Trinajstić information content (AvgIpc) is 2.70. The molecule has 0 radical (unpaired) electrons. The van der Waals surface area contributed by atoms with Crippen LogP contribution < -0.4 is 5.56 Å². The van der Waals surface area contributed by atoms with Crippen molar-refractivity contribution in [3.63, 3.8) is 0 Å². The van der Waals surface area contributed by atoms with Crippen LogP contribution >= 0.6 is 23.1 Å². The van der Waals surface area contributed by atoms with Crippen molar-refractivity contribution in [3.8, 4) is 0 Å². The minimum atomic E-state index is 0.0514. The highest BCUT2D eigenvalue weighted by Gasteiger charge is 2.08. The third kappa shape index (κ3) is 1.96. The molecule has 0 N–H and O–H groups in total. The summed E-state index contributed by atoms with van der Waals surface area (Å²) >= 11 is 7.59. The van der Waals surface area contributed by atoms with E-state index in [0.29, 0.717) is 11.6 Å². The Balaban J connectivity index is 2.09. The van der Waals surface area contributed by atoms with Crippen LogP contribution in [0.25, 0.3) is 10.1 Å². The van der Waals surface area contributed by atoms with E-state index in [0.717, 1.165) is 15.6 Å². The molecule has 18 heavy (non-hydrogen) atoms. The number of aromatic nitrogens is 1. The van der Waals surface area contributed by atoms with E-state index in [2.05, 4.69) is 0 Å². The molecule has 0 fully saturated rings. The summed E-state index contributed by atoms with van der Waals surface area (Å²) in [6.45, 7) is 0.526. The minimum absolute atomic E-state index is 0.0514. The molecule has 2 nitrogen and oxygen atoms in total. The second-order valence-electron chi connectivity index (χ2n) is 4.02. The van der Waals surface area contributed by atoms with E-state index in [1.807, 2.05) is 48.5 Å². The Hall–Kier alpha value is -1.58. The van der Waals surface area contributed by atoms with E-state index in [4.69, 9.17) is 11.6 Å². The predicted molar refractivity (Wildman–Crippen MR) is 76.6 cm³/mol. The van der Waals surface area contributed by atoms with Gasteiger partial charge in [-0.25, -0.2) is 0 Å². The molecule has 0 aliphatic rings. The smallest absolute Gasteiger partial charge is 0.268 e. The number of rotatable bonds is 2. The van der Waals surface area contributed by atoms with E-state index in [9.17, 15) is 4.79 Å². The van der Waals surface area contributed by atoms with Crippen molar-refractivity contribution in [2.45, 2.75) is 6.54 Å². The average molecular weight is 276 g/mol. The monoisotopic (exact) mass is 275 g/mol. The van der Waals surface area contributed by atoms with Crippen LogP contribution in [0.5, 0.6) is 0 Å². The maximum Gasteiger partial charge on any atom is 0.268 e. The van der Waals surface area contributed by atoms with Gasteiger partial charge in [-0.15, -0.1) is 0 Å². The molecule has 0 bridgehead atoms. The van der Waals surface area contributed by atoms with Crippen molar-refractivity contribution < 1.29 is 0 Å². The van der Waals surface area contributed by atoms with Crippen molar-refractivity contribution in [1.82, 2.24) is 3.96 Å². The second-order valence-corrected chi connectivity index (χ2v) is 5.49. The number of halogens is 1. The largest absolute Gasteiger partial charge is 0.268 e. The summed E-state index contributed by atoms with van der Waals surface area (Å²) in [5, 5.41) is 1.47. The molecule has 4 heteroatoms. The van der Waals surface area contributed by atoms with Crippen LogP contribution in [0.2, 0.25) is 5.02 Å². The van der Waals surface area contributed by atoms with E-state index in [1.54, 1.807) is 3.96 Å². The molecule has 0 saturated carbocycles. The number of benzene rings is 2. The fourth-order valence-electron chi connectivity index (χ4n) is 1.90. The van der Waals surface area contributed by atoms with Crippen LogP contribution in [-0.2, 0) is 6.54 Å². The van der Waals surface area contributed by atoms with Crippen molar-refractivity contribution in [2.75, 3.05) is 0 Å². The predicted octanol–water partition coefficient (Wildman–Crippen LogP) is 3.76. The fraction of sp³-hybridized carbons (Fsp3) is 0.0714. The molecule has 0 saturated heterocycles. The van der Waals surface area contributed by atoms with Gasteiger partial charge in [0.2, 0.25) is 0 Å². The topological polar surface area (TPSA) is 22.0 Å². The first-order valence-corrected chi connectivity index (χ1v) is 6.73. The lowest BCUT2D eigenvalue weighted by molar-refractivity contribution is 0.855. The van der Waals surface area contributed by atoms with Crippen LogP contribution in [0.3, 0.4) is 0 Å². The van der Waals surface area contributed by atoms with Crippen LogP contribution in [-0.4, -0.2) is 3.96 Å². The summed E-state index contributed by atoms with van der Waals surface area (Å²) in [5.74, 6) is 0. The standard InChI is InChI=1S/C14H10ClNOS/c15-12-7-3-1-5-10(12)9-16-14(17)11-6-2-4-8-13(11)18-16/h1-8H,9H2. The Kier molecular flexibility index (Phi) is 2.94. The van der Waals surface area contributed by atoms with Crippen molar-refractivity contribution in [1.29, 1.82) is 0 Å². The second kappa shape index (κ2) is 4.59. The Morgan fingerprint density at radius 3 is 2.56 bits per heavy atom. The first-order chi connectivity index (χ1) is 8.75. The van der Waals surface area contributed by atoms with Gasteiger partial charge < -0.3 is 0 Å². The summed E-state index contributed by atoms with van der Waals surface area (Å²) in [6.07, 6.45) is 0. The molecule has 1 heterocycles. The molecule has 3 aromatic rings. The number of fused-ring (bicyclic) bond motifs is 1. The summed E-state index contributed by atoms with van der Waals surface area (Å²) in [7, 11) is 0.